The predicted octanol–water partition coefficient (Wildman–Crippen LogP) is 3.09. The number of rotatable bonds is 4. The topological polar surface area (TPSA) is 83.9 Å². The lowest BCUT2D eigenvalue weighted by atomic mass is 10.2. The van der Waals surface area contributed by atoms with Gasteiger partial charge in [0.2, 0.25) is 5.91 Å². The van der Waals surface area contributed by atoms with Crippen LogP contribution in [0.25, 0.3) is 21.3 Å². The number of fused-ring (bicyclic) bond motifs is 2. The Hall–Kier alpha value is -3.00. The third-order valence-electron chi connectivity index (χ3n) is 5.31. The largest absolute Gasteiger partial charge is 0.340 e. The molecule has 0 aliphatic carbocycles. The monoisotopic (exact) mass is 393 g/mol. The number of nitrogens with one attached hydrogen (secondary N) is 1. The van der Waals surface area contributed by atoms with Crippen LogP contribution in [0.4, 0.5) is 0 Å². The third-order valence-corrected chi connectivity index (χ3v) is 6.13. The molecule has 1 atom stereocenters. The van der Waals surface area contributed by atoms with Crippen molar-refractivity contribution in [3.8, 4) is 0 Å². The maximum atomic E-state index is 12.9. The molecule has 0 spiro atoms. The summed E-state index contributed by atoms with van der Waals surface area (Å²) < 4.78 is 1.53. The second-order valence-electron chi connectivity index (χ2n) is 7.02. The van der Waals surface area contributed by atoms with Gasteiger partial charge in [0.15, 0.2) is 0 Å². The number of aromatic amines is 1. The van der Waals surface area contributed by atoms with Crippen LogP contribution in [0, 0.1) is 0 Å². The van der Waals surface area contributed by atoms with Crippen molar-refractivity contribution in [3.63, 3.8) is 0 Å². The minimum absolute atomic E-state index is 0.0332. The molecule has 1 aliphatic heterocycles. The fraction of sp³-hybridized carbons (Fsp3) is 0.300. The number of aryl methyl sites for hydroxylation is 1. The first kappa shape index (κ1) is 17.1. The number of imidazole rings is 1. The summed E-state index contributed by atoms with van der Waals surface area (Å²) in [5.74, 6) is 0.880. The van der Waals surface area contributed by atoms with Crippen LogP contribution in [0.2, 0.25) is 0 Å². The molecule has 0 radical (unpaired) electrons. The van der Waals surface area contributed by atoms with Crippen LogP contribution in [0.3, 0.4) is 0 Å². The molecule has 1 amide bonds. The predicted molar refractivity (Wildman–Crippen MR) is 108 cm³/mol. The Morgan fingerprint density at radius 3 is 3.07 bits per heavy atom. The van der Waals surface area contributed by atoms with E-state index in [0.717, 1.165) is 41.1 Å². The molecular formula is C20H19N5O2S. The highest BCUT2D eigenvalue weighted by molar-refractivity contribution is 7.16. The number of likely N-dealkylation sites (tertiary alicyclic amines) is 1. The molecule has 1 fully saturated rings. The highest BCUT2D eigenvalue weighted by Gasteiger charge is 2.31. The number of aromatic nitrogens is 4. The summed E-state index contributed by atoms with van der Waals surface area (Å²) >= 11 is 1.44. The Morgan fingerprint density at radius 1 is 1.29 bits per heavy atom. The minimum Gasteiger partial charge on any atom is -0.340 e. The molecule has 0 saturated carbocycles. The minimum atomic E-state index is -0.0886. The third kappa shape index (κ3) is 2.90. The van der Waals surface area contributed by atoms with E-state index >= 15 is 0 Å². The number of benzene rings is 1. The fourth-order valence-electron chi connectivity index (χ4n) is 3.89. The Morgan fingerprint density at radius 2 is 2.18 bits per heavy atom. The van der Waals surface area contributed by atoms with E-state index in [1.165, 1.54) is 22.2 Å². The van der Waals surface area contributed by atoms with Crippen molar-refractivity contribution < 1.29 is 4.79 Å². The molecule has 3 aromatic heterocycles. The number of para-hydroxylation sites is 2. The molecule has 1 aliphatic rings. The van der Waals surface area contributed by atoms with Crippen molar-refractivity contribution in [1.29, 1.82) is 0 Å². The van der Waals surface area contributed by atoms with E-state index in [2.05, 4.69) is 15.0 Å². The first-order valence-corrected chi connectivity index (χ1v) is 10.3. The summed E-state index contributed by atoms with van der Waals surface area (Å²) in [6.45, 7) is 1.05. The van der Waals surface area contributed by atoms with Crippen molar-refractivity contribution in [3.05, 3.63) is 58.2 Å². The van der Waals surface area contributed by atoms with Crippen molar-refractivity contribution in [2.45, 2.75) is 31.8 Å². The van der Waals surface area contributed by atoms with Crippen molar-refractivity contribution in [1.82, 2.24) is 24.4 Å². The first-order valence-electron chi connectivity index (χ1n) is 9.37. The van der Waals surface area contributed by atoms with Crippen molar-refractivity contribution in [2.24, 2.45) is 0 Å². The van der Waals surface area contributed by atoms with Crippen LogP contribution in [0.15, 0.2) is 46.8 Å². The molecule has 5 rings (SSSR count). The molecule has 1 N–H and O–H groups in total. The summed E-state index contributed by atoms with van der Waals surface area (Å²) in [5, 5.41) is 2.47. The number of nitrogens with zero attached hydrogens (tertiary/aromatic N) is 4. The van der Waals surface area contributed by atoms with Crippen molar-refractivity contribution >= 4 is 38.5 Å². The van der Waals surface area contributed by atoms with Gasteiger partial charge in [-0.2, -0.15) is 0 Å². The fourth-order valence-corrected chi connectivity index (χ4v) is 4.62. The molecule has 1 saturated heterocycles. The van der Waals surface area contributed by atoms with Gasteiger partial charge in [-0.15, -0.1) is 11.3 Å². The second kappa shape index (κ2) is 6.87. The zero-order valence-corrected chi connectivity index (χ0v) is 16.0. The number of amides is 1. The standard InChI is InChI=1S/C20H19N5O2S/c26-17(7-10-24-12-21-19-13(20(24)27)8-11-28-19)25-9-3-6-16(25)18-22-14-4-1-2-5-15(14)23-18/h1-2,4-5,8,11-12,16H,3,6-7,9-10H2,(H,22,23). The zero-order valence-electron chi connectivity index (χ0n) is 15.2. The lowest BCUT2D eigenvalue weighted by Crippen LogP contribution is -2.32. The van der Waals surface area contributed by atoms with Crippen LogP contribution < -0.4 is 5.56 Å². The van der Waals surface area contributed by atoms with Crippen LogP contribution in [0.1, 0.15) is 31.1 Å². The molecule has 28 heavy (non-hydrogen) atoms. The average Bonchev–Trinajstić information content (AvgIpc) is 3.45. The summed E-state index contributed by atoms with van der Waals surface area (Å²) in [6, 6.07) is 9.64. The highest BCUT2D eigenvalue weighted by atomic mass is 32.1. The van der Waals surface area contributed by atoms with Gasteiger partial charge in [0, 0.05) is 19.5 Å². The quantitative estimate of drug-likeness (QED) is 0.577. The lowest BCUT2D eigenvalue weighted by Gasteiger charge is -2.23. The van der Waals surface area contributed by atoms with Gasteiger partial charge in [-0.05, 0) is 36.4 Å². The first-order chi connectivity index (χ1) is 13.7. The van der Waals surface area contributed by atoms with Crippen LogP contribution in [-0.4, -0.2) is 36.9 Å². The molecule has 1 aromatic carbocycles. The summed E-state index contributed by atoms with van der Waals surface area (Å²) in [5.41, 5.74) is 1.81. The molecule has 142 valence electrons. The van der Waals surface area contributed by atoms with Crippen molar-refractivity contribution in [2.75, 3.05) is 6.54 Å². The van der Waals surface area contributed by atoms with E-state index in [1.54, 1.807) is 6.07 Å². The Bertz CT molecular complexity index is 1190. The molecule has 8 heteroatoms. The molecule has 7 nitrogen and oxygen atoms in total. The van der Waals surface area contributed by atoms with Gasteiger partial charge in [0.25, 0.3) is 5.56 Å². The van der Waals surface area contributed by atoms with Gasteiger partial charge < -0.3 is 9.88 Å². The molecular weight excluding hydrogens is 374 g/mol. The normalized spacial score (nSPS) is 17.0. The Labute approximate surface area is 164 Å². The van der Waals surface area contributed by atoms with Gasteiger partial charge in [-0.25, -0.2) is 9.97 Å². The van der Waals surface area contributed by atoms with E-state index in [0.29, 0.717) is 11.9 Å². The SMILES string of the molecule is O=C(CCn1cnc2sccc2c1=O)N1CCCC1c1nc2ccccc2[nH]1. The van der Waals surface area contributed by atoms with E-state index in [-0.39, 0.29) is 23.9 Å². The van der Waals surface area contributed by atoms with Crippen LogP contribution >= 0.6 is 11.3 Å². The molecule has 1 unspecified atom stereocenters. The maximum absolute atomic E-state index is 12.9. The molecule has 0 bridgehead atoms. The van der Waals surface area contributed by atoms with Gasteiger partial charge in [-0.1, -0.05) is 12.1 Å². The van der Waals surface area contributed by atoms with E-state index < -0.39 is 0 Å². The number of thiophene rings is 1. The Kier molecular flexibility index (Phi) is 4.20. The van der Waals surface area contributed by atoms with Gasteiger partial charge in [-0.3, -0.25) is 14.2 Å². The van der Waals surface area contributed by atoms with Gasteiger partial charge >= 0.3 is 0 Å². The van der Waals surface area contributed by atoms with Crippen LogP contribution in [0.5, 0.6) is 0 Å². The molecule has 4 heterocycles. The van der Waals surface area contributed by atoms with E-state index in [1.807, 2.05) is 34.5 Å². The number of hydrogen-bond acceptors (Lipinski definition) is 5. The number of carbonyl (C=O) groups is 1. The average molecular weight is 393 g/mol. The van der Waals surface area contributed by atoms with Gasteiger partial charge in [0.05, 0.1) is 28.8 Å². The summed E-state index contributed by atoms with van der Waals surface area (Å²) in [6.07, 6.45) is 3.66. The van der Waals surface area contributed by atoms with E-state index in [9.17, 15) is 9.59 Å². The number of carbonyl (C=O) groups excluding carboxylic acids is 1. The number of hydrogen-bond donors (Lipinski definition) is 1. The highest BCUT2D eigenvalue weighted by Crippen LogP contribution is 2.31. The zero-order chi connectivity index (χ0) is 19.1. The summed E-state index contributed by atoms with van der Waals surface area (Å²) in [4.78, 5) is 40.3. The Balaban J connectivity index is 1.33. The smallest absolute Gasteiger partial charge is 0.262 e. The number of H-pyrrole nitrogens is 1. The van der Waals surface area contributed by atoms with Crippen LogP contribution in [-0.2, 0) is 11.3 Å². The maximum Gasteiger partial charge on any atom is 0.262 e. The van der Waals surface area contributed by atoms with E-state index in [4.69, 9.17) is 0 Å². The second-order valence-corrected chi connectivity index (χ2v) is 7.91. The lowest BCUT2D eigenvalue weighted by molar-refractivity contribution is -0.132. The summed E-state index contributed by atoms with van der Waals surface area (Å²) in [7, 11) is 0. The molecule has 4 aromatic rings. The van der Waals surface area contributed by atoms with Gasteiger partial charge in [0.1, 0.15) is 10.7 Å².